The van der Waals surface area contributed by atoms with Gasteiger partial charge in [0.05, 0.1) is 5.56 Å². The molecule has 1 saturated carbocycles. The molecule has 12 heavy (non-hydrogen) atoms. The predicted octanol–water partition coefficient (Wildman–Crippen LogP) is 2.52. The van der Waals surface area contributed by atoms with Crippen molar-refractivity contribution in [2.45, 2.75) is 18.8 Å². The van der Waals surface area contributed by atoms with E-state index in [1.807, 2.05) is 6.07 Å². The minimum absolute atomic E-state index is 0.250. The molecule has 1 aromatic rings. The number of benzene rings is 1. The highest BCUT2D eigenvalue weighted by Crippen LogP contribution is 2.41. The number of aldehydes is 1. The van der Waals surface area contributed by atoms with Crippen LogP contribution in [-0.4, -0.2) is 6.29 Å². The van der Waals surface area contributed by atoms with Crippen LogP contribution >= 0.6 is 0 Å². The summed E-state index contributed by atoms with van der Waals surface area (Å²) in [4.78, 5) is 10.5. The van der Waals surface area contributed by atoms with E-state index in [0.29, 0.717) is 12.2 Å². The van der Waals surface area contributed by atoms with Gasteiger partial charge in [0.1, 0.15) is 5.82 Å². The Morgan fingerprint density at radius 3 is 2.75 bits per heavy atom. The van der Waals surface area contributed by atoms with Gasteiger partial charge in [-0.15, -0.1) is 0 Å². The van der Waals surface area contributed by atoms with E-state index in [0.717, 1.165) is 18.4 Å². The van der Waals surface area contributed by atoms with Gasteiger partial charge in [-0.3, -0.25) is 4.79 Å². The molecule has 0 radical (unpaired) electrons. The number of halogens is 1. The standard InChI is InChI=1S/C10H9FO/c11-10-3-1-2-8(7-4-5-7)9(10)6-12/h1-3,6-7H,4-5H2. The smallest absolute Gasteiger partial charge is 0.153 e. The maximum absolute atomic E-state index is 13.0. The van der Waals surface area contributed by atoms with Gasteiger partial charge in [-0.1, -0.05) is 12.1 Å². The lowest BCUT2D eigenvalue weighted by atomic mass is 10.0. The fraction of sp³-hybridized carbons (Fsp3) is 0.300. The van der Waals surface area contributed by atoms with Crippen LogP contribution < -0.4 is 0 Å². The van der Waals surface area contributed by atoms with Crippen LogP contribution in [0.3, 0.4) is 0 Å². The van der Waals surface area contributed by atoms with Crippen LogP contribution in [0.4, 0.5) is 4.39 Å². The Bertz CT molecular complexity index is 316. The van der Waals surface area contributed by atoms with Crippen molar-refractivity contribution in [3.05, 3.63) is 35.1 Å². The third-order valence-corrected chi connectivity index (χ3v) is 2.22. The summed E-state index contributed by atoms with van der Waals surface area (Å²) in [5.74, 6) is 0.0373. The molecule has 0 amide bonds. The molecule has 1 nitrogen and oxygen atoms in total. The first-order valence-corrected chi connectivity index (χ1v) is 4.06. The van der Waals surface area contributed by atoms with Gasteiger partial charge in [0, 0.05) is 0 Å². The maximum atomic E-state index is 13.0. The van der Waals surface area contributed by atoms with Crippen molar-refractivity contribution in [3.63, 3.8) is 0 Å². The van der Waals surface area contributed by atoms with Gasteiger partial charge >= 0.3 is 0 Å². The van der Waals surface area contributed by atoms with Crippen molar-refractivity contribution in [3.8, 4) is 0 Å². The predicted molar refractivity (Wildman–Crippen MR) is 43.8 cm³/mol. The first-order chi connectivity index (χ1) is 5.83. The molecule has 0 saturated heterocycles. The van der Waals surface area contributed by atoms with E-state index in [1.165, 1.54) is 6.07 Å². The summed E-state index contributed by atoms with van der Waals surface area (Å²) >= 11 is 0. The molecule has 2 heteroatoms. The number of hydrogen-bond acceptors (Lipinski definition) is 1. The summed E-state index contributed by atoms with van der Waals surface area (Å²) in [7, 11) is 0. The van der Waals surface area contributed by atoms with Crippen LogP contribution in [0.25, 0.3) is 0 Å². The second-order valence-electron chi connectivity index (χ2n) is 3.13. The highest BCUT2D eigenvalue weighted by Gasteiger charge is 2.26. The summed E-state index contributed by atoms with van der Waals surface area (Å²) in [6, 6.07) is 4.83. The van der Waals surface area contributed by atoms with Crippen LogP contribution in [0.1, 0.15) is 34.7 Å². The minimum Gasteiger partial charge on any atom is -0.298 e. The van der Waals surface area contributed by atoms with Gasteiger partial charge in [0.25, 0.3) is 0 Å². The zero-order chi connectivity index (χ0) is 8.55. The maximum Gasteiger partial charge on any atom is 0.153 e. The first kappa shape index (κ1) is 7.47. The molecular weight excluding hydrogens is 155 g/mol. The lowest BCUT2D eigenvalue weighted by Crippen LogP contribution is -1.94. The van der Waals surface area contributed by atoms with E-state index < -0.39 is 5.82 Å². The Balaban J connectivity index is 2.50. The van der Waals surface area contributed by atoms with E-state index in [-0.39, 0.29) is 5.56 Å². The molecule has 0 N–H and O–H groups in total. The lowest BCUT2D eigenvalue weighted by molar-refractivity contribution is 0.111. The molecule has 1 aliphatic carbocycles. The van der Waals surface area contributed by atoms with Gasteiger partial charge in [-0.05, 0) is 30.4 Å². The highest BCUT2D eigenvalue weighted by molar-refractivity contribution is 5.78. The molecular formula is C10H9FO. The van der Waals surface area contributed by atoms with Crippen molar-refractivity contribution in [2.24, 2.45) is 0 Å². The lowest BCUT2D eigenvalue weighted by Gasteiger charge is -2.02. The average molecular weight is 164 g/mol. The molecule has 0 heterocycles. The molecule has 1 aliphatic rings. The van der Waals surface area contributed by atoms with Gasteiger partial charge in [0.15, 0.2) is 6.29 Å². The average Bonchev–Trinajstić information content (AvgIpc) is 2.86. The van der Waals surface area contributed by atoms with E-state index in [2.05, 4.69) is 0 Å². The molecule has 0 unspecified atom stereocenters. The Hall–Kier alpha value is -1.18. The van der Waals surface area contributed by atoms with E-state index in [4.69, 9.17) is 0 Å². The van der Waals surface area contributed by atoms with Crippen molar-refractivity contribution in [1.29, 1.82) is 0 Å². The summed E-state index contributed by atoms with van der Waals surface area (Å²) in [5, 5.41) is 0. The molecule has 0 spiro atoms. The summed E-state index contributed by atoms with van der Waals surface area (Å²) in [5.41, 5.74) is 1.13. The Morgan fingerprint density at radius 2 is 2.17 bits per heavy atom. The monoisotopic (exact) mass is 164 g/mol. The SMILES string of the molecule is O=Cc1c(F)cccc1C1CC1. The molecule has 1 fully saturated rings. The fourth-order valence-corrected chi connectivity index (χ4v) is 1.43. The Kier molecular flexibility index (Phi) is 1.68. The molecule has 2 rings (SSSR count). The van der Waals surface area contributed by atoms with Gasteiger partial charge in [-0.25, -0.2) is 4.39 Å². The molecule has 0 aromatic heterocycles. The Morgan fingerprint density at radius 1 is 1.42 bits per heavy atom. The van der Waals surface area contributed by atoms with Crippen molar-refractivity contribution < 1.29 is 9.18 Å². The number of hydrogen-bond donors (Lipinski definition) is 0. The number of carbonyl (C=O) groups excluding carboxylic acids is 1. The van der Waals surface area contributed by atoms with E-state index in [1.54, 1.807) is 6.07 Å². The van der Waals surface area contributed by atoms with E-state index >= 15 is 0 Å². The largest absolute Gasteiger partial charge is 0.298 e. The molecule has 0 bridgehead atoms. The first-order valence-electron chi connectivity index (χ1n) is 4.06. The number of carbonyl (C=O) groups is 1. The van der Waals surface area contributed by atoms with Crippen LogP contribution in [0.5, 0.6) is 0 Å². The van der Waals surface area contributed by atoms with Crippen molar-refractivity contribution in [1.82, 2.24) is 0 Å². The quantitative estimate of drug-likeness (QED) is 0.614. The summed E-state index contributed by atoms with van der Waals surface area (Å²) in [6.07, 6.45) is 2.79. The van der Waals surface area contributed by atoms with Gasteiger partial charge < -0.3 is 0 Å². The summed E-state index contributed by atoms with van der Waals surface area (Å²) < 4.78 is 13.0. The molecule has 62 valence electrons. The third kappa shape index (κ3) is 1.13. The molecule has 1 aromatic carbocycles. The Labute approximate surface area is 70.2 Å². The highest BCUT2D eigenvalue weighted by atomic mass is 19.1. The third-order valence-electron chi connectivity index (χ3n) is 2.22. The second kappa shape index (κ2) is 2.70. The molecule has 0 aliphatic heterocycles. The second-order valence-corrected chi connectivity index (χ2v) is 3.13. The van der Waals surface area contributed by atoms with Crippen LogP contribution in [-0.2, 0) is 0 Å². The minimum atomic E-state index is -0.394. The zero-order valence-corrected chi connectivity index (χ0v) is 6.59. The van der Waals surface area contributed by atoms with Crippen LogP contribution in [0.2, 0.25) is 0 Å². The van der Waals surface area contributed by atoms with Crippen LogP contribution in [0, 0.1) is 5.82 Å². The van der Waals surface area contributed by atoms with Crippen molar-refractivity contribution >= 4 is 6.29 Å². The normalized spacial score (nSPS) is 16.1. The van der Waals surface area contributed by atoms with Gasteiger partial charge in [0.2, 0.25) is 0 Å². The summed E-state index contributed by atoms with van der Waals surface area (Å²) in [6.45, 7) is 0. The molecule has 0 atom stereocenters. The van der Waals surface area contributed by atoms with E-state index in [9.17, 15) is 9.18 Å². The van der Waals surface area contributed by atoms with Crippen molar-refractivity contribution in [2.75, 3.05) is 0 Å². The van der Waals surface area contributed by atoms with Crippen LogP contribution in [0.15, 0.2) is 18.2 Å². The number of rotatable bonds is 2. The zero-order valence-electron chi connectivity index (χ0n) is 6.59. The topological polar surface area (TPSA) is 17.1 Å². The fourth-order valence-electron chi connectivity index (χ4n) is 1.43. The van der Waals surface area contributed by atoms with Gasteiger partial charge in [-0.2, -0.15) is 0 Å².